The number of aryl methyl sites for hydroxylation is 1. The first-order valence-corrected chi connectivity index (χ1v) is 6.45. The lowest BCUT2D eigenvalue weighted by Gasteiger charge is -2.04. The largest absolute Gasteiger partial charge is 0.477 e. The van der Waals surface area contributed by atoms with Crippen molar-refractivity contribution in [3.05, 3.63) is 41.0 Å². The van der Waals surface area contributed by atoms with Gasteiger partial charge in [-0.2, -0.15) is 0 Å². The van der Waals surface area contributed by atoms with E-state index in [1.807, 2.05) is 23.5 Å². The predicted octanol–water partition coefficient (Wildman–Crippen LogP) is 2.65. The Hall–Kier alpha value is -2.34. The maximum absolute atomic E-state index is 11.4. The van der Waals surface area contributed by atoms with Gasteiger partial charge in [-0.25, -0.2) is 9.78 Å². The zero-order valence-electron chi connectivity index (χ0n) is 10.1. The van der Waals surface area contributed by atoms with E-state index in [-0.39, 0.29) is 4.88 Å². The van der Waals surface area contributed by atoms with Gasteiger partial charge in [-0.15, -0.1) is 0 Å². The van der Waals surface area contributed by atoms with Gasteiger partial charge in [0.05, 0.1) is 5.69 Å². The second kappa shape index (κ2) is 4.10. The van der Waals surface area contributed by atoms with Crippen LogP contribution in [0, 0.1) is 6.92 Å². The van der Waals surface area contributed by atoms with Gasteiger partial charge >= 0.3 is 5.97 Å². The fourth-order valence-corrected chi connectivity index (χ4v) is 3.10. The molecule has 0 aliphatic rings. The quantitative estimate of drug-likeness (QED) is 0.703. The van der Waals surface area contributed by atoms with Crippen molar-refractivity contribution >= 4 is 28.0 Å². The number of hydrogen-bond donors (Lipinski definition) is 2. The third kappa shape index (κ3) is 1.77. The van der Waals surface area contributed by atoms with Crippen LogP contribution in [0.1, 0.15) is 15.4 Å². The van der Waals surface area contributed by atoms with E-state index in [0.717, 1.165) is 11.3 Å². The van der Waals surface area contributed by atoms with Gasteiger partial charge in [-0.1, -0.05) is 23.5 Å². The molecule has 0 fully saturated rings. The summed E-state index contributed by atoms with van der Waals surface area (Å²) in [6, 6.07) is 7.21. The minimum absolute atomic E-state index is 0.275. The lowest BCUT2D eigenvalue weighted by molar-refractivity contribution is 0.0702. The molecule has 96 valence electrons. The van der Waals surface area contributed by atoms with E-state index in [1.165, 1.54) is 11.3 Å². The molecule has 2 aromatic heterocycles. The predicted molar refractivity (Wildman–Crippen MR) is 74.6 cm³/mol. The molecule has 1 aromatic carbocycles. The number of rotatable bonds is 2. The van der Waals surface area contributed by atoms with Crippen molar-refractivity contribution in [3.8, 4) is 11.3 Å². The third-order valence-electron chi connectivity index (χ3n) is 2.89. The highest BCUT2D eigenvalue weighted by Gasteiger charge is 2.21. The second-order valence-electron chi connectivity index (χ2n) is 4.23. The molecule has 3 aromatic rings. The second-order valence-corrected chi connectivity index (χ2v) is 5.21. The smallest absolute Gasteiger partial charge is 0.348 e. The van der Waals surface area contributed by atoms with Crippen LogP contribution in [0.2, 0.25) is 0 Å². The van der Waals surface area contributed by atoms with Gasteiger partial charge in [0.15, 0.2) is 4.96 Å². The first kappa shape index (κ1) is 11.7. The van der Waals surface area contributed by atoms with E-state index < -0.39 is 5.97 Å². The van der Waals surface area contributed by atoms with Crippen LogP contribution >= 0.6 is 11.3 Å². The molecule has 3 rings (SSSR count). The molecule has 0 spiro atoms. The molecule has 0 amide bonds. The lowest BCUT2D eigenvalue weighted by Crippen LogP contribution is -1.99. The summed E-state index contributed by atoms with van der Waals surface area (Å²) in [6.45, 7) is 1.90. The number of carbonyl (C=O) groups is 1. The van der Waals surface area contributed by atoms with Gasteiger partial charge in [0.1, 0.15) is 4.88 Å². The topological polar surface area (TPSA) is 80.6 Å². The molecule has 2 heterocycles. The van der Waals surface area contributed by atoms with Gasteiger partial charge in [0.2, 0.25) is 0 Å². The van der Waals surface area contributed by atoms with E-state index in [9.17, 15) is 9.90 Å². The molecule has 0 atom stereocenters. The molecule has 5 nitrogen and oxygen atoms in total. The number of nitrogen functional groups attached to an aromatic ring is 1. The van der Waals surface area contributed by atoms with E-state index in [4.69, 9.17) is 5.73 Å². The van der Waals surface area contributed by atoms with Crippen molar-refractivity contribution in [2.75, 3.05) is 5.73 Å². The molecule has 0 saturated carbocycles. The number of benzene rings is 1. The fraction of sp³-hybridized carbons (Fsp3) is 0.0769. The molecule has 0 bridgehead atoms. The number of carboxylic acids is 1. The van der Waals surface area contributed by atoms with Crippen LogP contribution in [-0.2, 0) is 0 Å². The van der Waals surface area contributed by atoms with E-state index in [1.54, 1.807) is 18.3 Å². The average Bonchev–Trinajstić information content (AvgIpc) is 2.90. The van der Waals surface area contributed by atoms with Crippen LogP contribution in [0.25, 0.3) is 16.2 Å². The highest BCUT2D eigenvalue weighted by Crippen LogP contribution is 2.33. The van der Waals surface area contributed by atoms with Crippen molar-refractivity contribution in [1.29, 1.82) is 0 Å². The Morgan fingerprint density at radius 1 is 1.47 bits per heavy atom. The monoisotopic (exact) mass is 273 g/mol. The van der Waals surface area contributed by atoms with Crippen LogP contribution in [-0.4, -0.2) is 20.5 Å². The Morgan fingerprint density at radius 2 is 2.26 bits per heavy atom. The Labute approximate surface area is 112 Å². The summed E-state index contributed by atoms with van der Waals surface area (Å²) in [4.78, 5) is 16.6. The molecule has 0 radical (unpaired) electrons. The zero-order chi connectivity index (χ0) is 13.6. The highest BCUT2D eigenvalue weighted by atomic mass is 32.1. The molecular formula is C13H11N3O2S. The Balaban J connectivity index is 2.39. The number of nitrogens with two attached hydrogens (primary N) is 1. The molecule has 0 saturated heterocycles. The van der Waals surface area contributed by atoms with Crippen LogP contribution < -0.4 is 5.73 Å². The minimum Gasteiger partial charge on any atom is -0.477 e. The van der Waals surface area contributed by atoms with E-state index in [0.29, 0.717) is 16.3 Å². The number of nitrogens with zero attached hydrogens (tertiary/aromatic N) is 2. The SMILES string of the molecule is Cc1cnc2sc(C(=O)O)c(-c3cccc(N)c3)n12. The highest BCUT2D eigenvalue weighted by molar-refractivity contribution is 7.19. The molecular weight excluding hydrogens is 262 g/mol. The number of imidazole rings is 1. The standard InChI is InChI=1S/C13H11N3O2S/c1-7-6-15-13-16(7)10(11(19-13)12(17)18)8-3-2-4-9(14)5-8/h2-6H,14H2,1H3,(H,17,18). The van der Waals surface area contributed by atoms with Crippen LogP contribution in [0.4, 0.5) is 5.69 Å². The summed E-state index contributed by atoms with van der Waals surface area (Å²) in [6.07, 6.45) is 1.73. The van der Waals surface area contributed by atoms with Gasteiger partial charge in [-0.05, 0) is 19.1 Å². The number of hydrogen-bond acceptors (Lipinski definition) is 4. The van der Waals surface area contributed by atoms with Gasteiger partial charge in [0.25, 0.3) is 0 Å². The number of fused-ring (bicyclic) bond motifs is 1. The molecule has 3 N–H and O–H groups in total. The van der Waals surface area contributed by atoms with Crippen molar-refractivity contribution in [3.63, 3.8) is 0 Å². The maximum atomic E-state index is 11.4. The van der Waals surface area contributed by atoms with Crippen LogP contribution in [0.3, 0.4) is 0 Å². The normalized spacial score (nSPS) is 11.0. The number of carboxylic acid groups (broad SMARTS) is 1. The summed E-state index contributed by atoms with van der Waals surface area (Å²) < 4.78 is 1.85. The van der Waals surface area contributed by atoms with Crippen molar-refractivity contribution in [2.24, 2.45) is 0 Å². The Kier molecular flexibility index (Phi) is 2.53. The van der Waals surface area contributed by atoms with Gasteiger partial charge in [-0.3, -0.25) is 4.40 Å². The van der Waals surface area contributed by atoms with Gasteiger partial charge < -0.3 is 10.8 Å². The molecule has 0 unspecified atom stereocenters. The number of thiazole rings is 1. The summed E-state index contributed by atoms with van der Waals surface area (Å²) in [5.74, 6) is -0.952. The van der Waals surface area contributed by atoms with Crippen molar-refractivity contribution in [1.82, 2.24) is 9.38 Å². The van der Waals surface area contributed by atoms with Crippen molar-refractivity contribution < 1.29 is 9.90 Å². The third-order valence-corrected chi connectivity index (χ3v) is 3.93. The molecule has 19 heavy (non-hydrogen) atoms. The molecule has 0 aliphatic heterocycles. The number of aromatic carboxylic acids is 1. The molecule has 6 heteroatoms. The average molecular weight is 273 g/mol. The van der Waals surface area contributed by atoms with E-state index >= 15 is 0 Å². The Morgan fingerprint density at radius 3 is 2.95 bits per heavy atom. The van der Waals surface area contributed by atoms with Crippen LogP contribution in [0.5, 0.6) is 0 Å². The Bertz CT molecular complexity index is 788. The summed E-state index contributed by atoms with van der Waals surface area (Å²) >= 11 is 1.17. The maximum Gasteiger partial charge on any atom is 0.348 e. The van der Waals surface area contributed by atoms with Crippen molar-refractivity contribution in [2.45, 2.75) is 6.92 Å². The van der Waals surface area contributed by atoms with E-state index in [2.05, 4.69) is 4.98 Å². The summed E-state index contributed by atoms with van der Waals surface area (Å²) in [7, 11) is 0. The molecule has 0 aliphatic carbocycles. The lowest BCUT2D eigenvalue weighted by atomic mass is 10.1. The zero-order valence-corrected chi connectivity index (χ0v) is 10.9. The van der Waals surface area contributed by atoms with Crippen LogP contribution in [0.15, 0.2) is 30.5 Å². The summed E-state index contributed by atoms with van der Waals surface area (Å²) in [5, 5.41) is 9.34. The number of aromatic nitrogens is 2. The number of anilines is 1. The first-order valence-electron chi connectivity index (χ1n) is 5.64. The summed E-state index contributed by atoms with van der Waals surface area (Å²) in [5.41, 5.74) is 8.70. The van der Waals surface area contributed by atoms with Gasteiger partial charge in [0, 0.05) is 23.1 Å². The first-order chi connectivity index (χ1) is 9.08. The fourth-order valence-electron chi connectivity index (χ4n) is 2.09. The minimum atomic E-state index is -0.952.